The Hall–Kier alpha value is -3.90. The van der Waals surface area contributed by atoms with Crippen LogP contribution < -0.4 is 16.0 Å². The molecule has 0 bridgehead atoms. The summed E-state index contributed by atoms with van der Waals surface area (Å²) in [5.74, 6) is 0.207. The van der Waals surface area contributed by atoms with Crippen LogP contribution in [0.1, 0.15) is 31.1 Å². The summed E-state index contributed by atoms with van der Waals surface area (Å²) < 4.78 is 12.4. The monoisotopic (exact) mass is 557 g/mol. The predicted octanol–water partition coefficient (Wildman–Crippen LogP) is 5.83. The van der Waals surface area contributed by atoms with Crippen molar-refractivity contribution in [3.05, 3.63) is 55.5 Å². The number of carbonyl (C=O) groups is 3. The molecule has 1 atom stereocenters. The second kappa shape index (κ2) is 14.9. The molecular formula is C27H39N5O6Si. The number of anilines is 2. The number of ether oxygens (including phenoxy) is 2. The highest BCUT2D eigenvalue weighted by Crippen LogP contribution is 2.32. The summed E-state index contributed by atoms with van der Waals surface area (Å²) in [5, 5.41) is 17.4. The first kappa shape index (κ1) is 31.3. The highest BCUT2D eigenvalue weighted by atomic mass is 28.3. The lowest BCUT2D eigenvalue weighted by Gasteiger charge is -2.18. The molecule has 0 aliphatic rings. The van der Waals surface area contributed by atoms with Gasteiger partial charge < -0.3 is 29.8 Å². The maximum Gasteiger partial charge on any atom is 0.411 e. The Bertz CT molecular complexity index is 1170. The van der Waals surface area contributed by atoms with Crippen molar-refractivity contribution in [3.8, 4) is 11.3 Å². The molecule has 0 spiro atoms. The lowest BCUT2D eigenvalue weighted by Crippen LogP contribution is -2.29. The highest BCUT2D eigenvalue weighted by molar-refractivity contribution is 6.76. The van der Waals surface area contributed by atoms with Crippen LogP contribution in [-0.4, -0.2) is 54.5 Å². The van der Waals surface area contributed by atoms with Crippen LogP contribution in [0.2, 0.25) is 25.7 Å². The molecule has 0 aliphatic carbocycles. The van der Waals surface area contributed by atoms with Crippen LogP contribution in [0.3, 0.4) is 0 Å². The first-order valence-corrected chi connectivity index (χ1v) is 16.3. The Morgan fingerprint density at radius 1 is 1.18 bits per heavy atom. The van der Waals surface area contributed by atoms with E-state index in [-0.39, 0.29) is 19.1 Å². The number of imidazole rings is 1. The van der Waals surface area contributed by atoms with Crippen molar-refractivity contribution >= 4 is 37.5 Å². The summed E-state index contributed by atoms with van der Waals surface area (Å²) in [6.07, 6.45) is 4.22. The van der Waals surface area contributed by atoms with Crippen molar-refractivity contribution in [2.45, 2.75) is 57.7 Å². The number of allylic oxidation sites excluding steroid dienone is 1. The first-order chi connectivity index (χ1) is 18.5. The van der Waals surface area contributed by atoms with E-state index >= 15 is 0 Å². The Balaban J connectivity index is 2.52. The fourth-order valence-corrected chi connectivity index (χ4v) is 4.35. The van der Waals surface area contributed by atoms with Gasteiger partial charge in [-0.05, 0) is 37.1 Å². The van der Waals surface area contributed by atoms with Gasteiger partial charge in [-0.1, -0.05) is 31.8 Å². The molecule has 39 heavy (non-hydrogen) atoms. The maximum atomic E-state index is 12.6. The van der Waals surface area contributed by atoms with Gasteiger partial charge in [0, 0.05) is 38.5 Å². The summed E-state index contributed by atoms with van der Waals surface area (Å²) in [6, 6.07) is 5.29. The molecule has 0 fully saturated rings. The average molecular weight is 558 g/mol. The van der Waals surface area contributed by atoms with Crippen molar-refractivity contribution in [2.75, 3.05) is 24.4 Å². The Labute approximate surface area is 230 Å². The molecule has 4 N–H and O–H groups in total. The largest absolute Gasteiger partial charge is 0.465 e. The molecule has 11 nitrogen and oxygen atoms in total. The van der Waals surface area contributed by atoms with E-state index in [1.54, 1.807) is 41.1 Å². The van der Waals surface area contributed by atoms with E-state index in [9.17, 15) is 19.5 Å². The van der Waals surface area contributed by atoms with E-state index in [1.807, 2.05) is 0 Å². The van der Waals surface area contributed by atoms with Crippen molar-refractivity contribution in [1.82, 2.24) is 14.9 Å². The zero-order valence-corrected chi connectivity index (χ0v) is 24.1. The molecule has 3 amide bonds. The van der Waals surface area contributed by atoms with E-state index in [1.165, 1.54) is 7.11 Å². The number of nitrogens with zero attached hydrogens (tertiary/aromatic N) is 2. The number of carboxylic acid groups (broad SMARTS) is 1. The minimum absolute atomic E-state index is 0.171. The molecule has 212 valence electrons. The summed E-state index contributed by atoms with van der Waals surface area (Å²) in [4.78, 5) is 40.6. The second-order valence-electron chi connectivity index (χ2n) is 10.1. The number of hydrogen-bond donors (Lipinski definition) is 4. The zero-order chi connectivity index (χ0) is 29.0. The summed E-state index contributed by atoms with van der Waals surface area (Å²) in [7, 11) is -0.0478. The van der Waals surface area contributed by atoms with Crippen LogP contribution in [0.4, 0.5) is 21.0 Å². The Morgan fingerprint density at radius 2 is 1.92 bits per heavy atom. The highest BCUT2D eigenvalue weighted by Gasteiger charge is 2.23. The van der Waals surface area contributed by atoms with Crippen molar-refractivity contribution in [3.63, 3.8) is 0 Å². The van der Waals surface area contributed by atoms with E-state index in [2.05, 4.69) is 53.5 Å². The second-order valence-corrected chi connectivity index (χ2v) is 15.7. The van der Waals surface area contributed by atoms with Crippen LogP contribution in [-0.2, 0) is 21.0 Å². The zero-order valence-electron chi connectivity index (χ0n) is 23.1. The van der Waals surface area contributed by atoms with Crippen molar-refractivity contribution < 1.29 is 29.0 Å². The molecule has 0 radical (unpaired) electrons. The molecule has 1 aromatic carbocycles. The van der Waals surface area contributed by atoms with Crippen LogP contribution in [0.25, 0.3) is 11.3 Å². The molecule has 0 saturated heterocycles. The molecule has 1 aromatic heterocycles. The number of methoxy groups -OCH3 is 1. The summed E-state index contributed by atoms with van der Waals surface area (Å²) >= 11 is 0. The molecular weight excluding hydrogens is 518 g/mol. The molecule has 0 unspecified atom stereocenters. The first-order valence-electron chi connectivity index (χ1n) is 12.6. The normalized spacial score (nSPS) is 11.8. The number of nitrogens with one attached hydrogen (secondary N) is 3. The van der Waals surface area contributed by atoms with Gasteiger partial charge in [0.1, 0.15) is 12.6 Å². The summed E-state index contributed by atoms with van der Waals surface area (Å²) in [5.41, 5.74) is 1.90. The molecule has 0 aliphatic heterocycles. The number of rotatable bonds is 15. The van der Waals surface area contributed by atoms with Crippen LogP contribution in [0.5, 0.6) is 0 Å². The van der Waals surface area contributed by atoms with E-state index in [0.29, 0.717) is 47.9 Å². The SMILES string of the molecule is C=CCCC(=O)Nc1cc(NC(=O)OC)ccc1-c1cn(COCC[Si](C)(C)C)c([C@H](CC=C)NC(=O)O)n1. The smallest absolute Gasteiger partial charge is 0.411 e. The quantitative estimate of drug-likeness (QED) is 0.122. The van der Waals surface area contributed by atoms with Crippen molar-refractivity contribution in [2.24, 2.45) is 0 Å². The maximum absolute atomic E-state index is 12.6. The number of amides is 3. The van der Waals surface area contributed by atoms with Gasteiger partial charge >= 0.3 is 12.2 Å². The van der Waals surface area contributed by atoms with E-state index in [0.717, 1.165) is 6.04 Å². The van der Waals surface area contributed by atoms with Gasteiger partial charge in [0.15, 0.2) is 0 Å². The molecule has 2 rings (SSSR count). The van der Waals surface area contributed by atoms with Crippen LogP contribution in [0, 0.1) is 0 Å². The number of carbonyl (C=O) groups excluding carboxylic acids is 2. The van der Waals surface area contributed by atoms with Gasteiger partial charge in [-0.3, -0.25) is 10.1 Å². The number of benzene rings is 1. The van der Waals surface area contributed by atoms with Crippen LogP contribution in [0.15, 0.2) is 49.7 Å². The molecule has 12 heteroatoms. The predicted molar refractivity (Wildman–Crippen MR) is 155 cm³/mol. The third-order valence-electron chi connectivity index (χ3n) is 5.62. The van der Waals surface area contributed by atoms with Gasteiger partial charge in [0.05, 0.1) is 24.5 Å². The lowest BCUT2D eigenvalue weighted by molar-refractivity contribution is -0.116. The fraction of sp³-hybridized carbons (Fsp3) is 0.407. The van der Waals surface area contributed by atoms with E-state index in [4.69, 9.17) is 9.72 Å². The molecule has 0 saturated carbocycles. The van der Waals surface area contributed by atoms with Gasteiger partial charge in [-0.2, -0.15) is 0 Å². The van der Waals surface area contributed by atoms with Gasteiger partial charge in [0.25, 0.3) is 0 Å². The standard InChI is InChI=1S/C27H39N5O6Si/c1-7-9-11-24(33)29-22-16-19(28-27(36)37-3)12-13-20(22)23-17-32(18-38-14-15-39(4,5)6)25(30-23)21(10-8-2)31-26(34)35/h7-8,12-13,16-17,21,31H,1-2,9-11,14-15,18H2,3-6H3,(H,28,36)(H,29,33)(H,34,35)/t21-/m0/s1. The molecule has 2 aromatic rings. The molecule has 1 heterocycles. The average Bonchev–Trinajstić information content (AvgIpc) is 3.28. The summed E-state index contributed by atoms with van der Waals surface area (Å²) in [6.45, 7) is 14.9. The number of hydrogen-bond acceptors (Lipinski definition) is 6. The Kier molecular flexibility index (Phi) is 11.9. The third kappa shape index (κ3) is 10.4. The number of aromatic nitrogens is 2. The minimum Gasteiger partial charge on any atom is -0.465 e. The van der Waals surface area contributed by atoms with Gasteiger partial charge in [0.2, 0.25) is 5.91 Å². The van der Waals surface area contributed by atoms with Crippen molar-refractivity contribution in [1.29, 1.82) is 0 Å². The Morgan fingerprint density at radius 3 is 2.54 bits per heavy atom. The lowest BCUT2D eigenvalue weighted by atomic mass is 10.1. The van der Waals surface area contributed by atoms with E-state index < -0.39 is 26.3 Å². The third-order valence-corrected chi connectivity index (χ3v) is 7.33. The van der Waals surface area contributed by atoms with Gasteiger partial charge in [-0.15, -0.1) is 13.2 Å². The fourth-order valence-electron chi connectivity index (χ4n) is 3.59. The topological polar surface area (TPSA) is 144 Å². The minimum atomic E-state index is -1.30. The van der Waals surface area contributed by atoms with Crippen LogP contribution >= 0.6 is 0 Å². The van der Waals surface area contributed by atoms with Gasteiger partial charge in [-0.25, -0.2) is 14.6 Å².